The van der Waals surface area contributed by atoms with Crippen molar-refractivity contribution in [1.29, 1.82) is 0 Å². The molecule has 0 aliphatic rings. The molecular formula is C20H15ClN2O2S. The van der Waals surface area contributed by atoms with Gasteiger partial charge in [0.25, 0.3) is 5.91 Å². The molecule has 0 unspecified atom stereocenters. The molecule has 0 radical (unpaired) electrons. The lowest BCUT2D eigenvalue weighted by molar-refractivity contribution is 0.0925. The van der Waals surface area contributed by atoms with Crippen molar-refractivity contribution in [3.63, 3.8) is 0 Å². The summed E-state index contributed by atoms with van der Waals surface area (Å²) in [5, 5.41) is 5.33. The van der Waals surface area contributed by atoms with E-state index in [0.717, 1.165) is 26.5 Å². The van der Waals surface area contributed by atoms with Crippen molar-refractivity contribution in [3.8, 4) is 10.6 Å². The Morgan fingerprint density at radius 2 is 1.96 bits per heavy atom. The van der Waals surface area contributed by atoms with Gasteiger partial charge >= 0.3 is 0 Å². The number of carbonyl (C=O) groups is 1. The molecule has 4 aromatic rings. The first-order valence-electron chi connectivity index (χ1n) is 8.10. The van der Waals surface area contributed by atoms with E-state index < -0.39 is 0 Å². The first-order chi connectivity index (χ1) is 12.6. The summed E-state index contributed by atoms with van der Waals surface area (Å²) in [6.07, 6.45) is 0. The number of para-hydroxylation sites is 1. The van der Waals surface area contributed by atoms with Gasteiger partial charge < -0.3 is 9.73 Å². The van der Waals surface area contributed by atoms with Crippen molar-refractivity contribution < 1.29 is 9.21 Å². The van der Waals surface area contributed by atoms with Crippen LogP contribution < -0.4 is 5.32 Å². The van der Waals surface area contributed by atoms with E-state index in [2.05, 4.69) is 10.3 Å². The molecule has 1 N–H and O–H groups in total. The van der Waals surface area contributed by atoms with Crippen LogP contribution in [-0.2, 0) is 6.54 Å². The molecule has 0 saturated carbocycles. The molecule has 130 valence electrons. The molecule has 4 rings (SSSR count). The van der Waals surface area contributed by atoms with E-state index in [9.17, 15) is 4.79 Å². The Hall–Kier alpha value is -2.63. The highest BCUT2D eigenvalue weighted by atomic mass is 35.5. The normalized spacial score (nSPS) is 11.0. The highest BCUT2D eigenvalue weighted by Crippen LogP contribution is 2.32. The maximum Gasteiger partial charge on any atom is 0.287 e. The maximum absolute atomic E-state index is 12.4. The Balaban J connectivity index is 1.51. The zero-order valence-corrected chi connectivity index (χ0v) is 15.5. The molecule has 2 heterocycles. The first kappa shape index (κ1) is 16.8. The number of nitrogens with zero attached hydrogens (tertiary/aromatic N) is 1. The van der Waals surface area contributed by atoms with Crippen LogP contribution in [0.25, 0.3) is 21.5 Å². The number of amides is 1. The summed E-state index contributed by atoms with van der Waals surface area (Å²) in [5.74, 6) is 0.0630. The number of aromatic nitrogens is 1. The molecule has 0 fully saturated rings. The second kappa shape index (κ2) is 6.94. The molecule has 0 aliphatic heterocycles. The Morgan fingerprint density at radius 1 is 1.19 bits per heavy atom. The van der Waals surface area contributed by atoms with Gasteiger partial charge in [-0.25, -0.2) is 4.98 Å². The van der Waals surface area contributed by atoms with Gasteiger partial charge in [-0.15, -0.1) is 11.3 Å². The smallest absolute Gasteiger partial charge is 0.287 e. The third-order valence-corrected chi connectivity index (χ3v) is 5.58. The number of fused-ring (bicyclic) bond motifs is 1. The summed E-state index contributed by atoms with van der Waals surface area (Å²) >= 11 is 7.78. The topological polar surface area (TPSA) is 55.1 Å². The minimum atomic E-state index is -0.242. The molecule has 2 aromatic carbocycles. The van der Waals surface area contributed by atoms with Gasteiger partial charge in [0.05, 0.1) is 17.3 Å². The Morgan fingerprint density at radius 3 is 2.77 bits per heavy atom. The average Bonchev–Trinajstić information content (AvgIpc) is 3.23. The van der Waals surface area contributed by atoms with Gasteiger partial charge in [-0.2, -0.15) is 0 Å². The number of halogens is 1. The summed E-state index contributed by atoms with van der Waals surface area (Å²) in [4.78, 5) is 18.0. The number of rotatable bonds is 4. The molecule has 26 heavy (non-hydrogen) atoms. The third-order valence-electron chi connectivity index (χ3n) is 4.06. The summed E-state index contributed by atoms with van der Waals surface area (Å²) in [6, 6.07) is 16.9. The van der Waals surface area contributed by atoms with Crippen LogP contribution in [-0.4, -0.2) is 10.9 Å². The van der Waals surface area contributed by atoms with Gasteiger partial charge in [0.2, 0.25) is 0 Å². The number of nitrogens with one attached hydrogen (secondary N) is 1. The second-order valence-corrected chi connectivity index (χ2v) is 7.33. The van der Waals surface area contributed by atoms with Crippen molar-refractivity contribution in [2.45, 2.75) is 13.5 Å². The Bertz CT molecular complexity index is 1070. The van der Waals surface area contributed by atoms with Crippen molar-refractivity contribution in [3.05, 3.63) is 76.0 Å². The fourth-order valence-corrected chi connectivity index (χ4v) is 4.01. The van der Waals surface area contributed by atoms with E-state index >= 15 is 0 Å². The molecule has 6 heteroatoms. The van der Waals surface area contributed by atoms with Crippen LogP contribution in [0, 0.1) is 6.92 Å². The van der Waals surface area contributed by atoms with Gasteiger partial charge in [-0.1, -0.05) is 48.0 Å². The quantitative estimate of drug-likeness (QED) is 0.510. The van der Waals surface area contributed by atoms with Crippen molar-refractivity contribution in [2.75, 3.05) is 0 Å². The summed E-state index contributed by atoms with van der Waals surface area (Å²) < 4.78 is 5.60. The van der Waals surface area contributed by atoms with E-state index in [1.165, 1.54) is 11.3 Å². The van der Waals surface area contributed by atoms with E-state index in [4.69, 9.17) is 16.0 Å². The third kappa shape index (κ3) is 3.23. The zero-order chi connectivity index (χ0) is 18.1. The van der Waals surface area contributed by atoms with Gasteiger partial charge in [0.1, 0.15) is 10.6 Å². The van der Waals surface area contributed by atoms with Crippen LogP contribution in [0.4, 0.5) is 0 Å². The molecule has 0 saturated heterocycles. The lowest BCUT2D eigenvalue weighted by Crippen LogP contribution is -2.22. The van der Waals surface area contributed by atoms with Crippen LogP contribution in [0.3, 0.4) is 0 Å². The van der Waals surface area contributed by atoms with Crippen LogP contribution in [0.5, 0.6) is 0 Å². The minimum Gasteiger partial charge on any atom is -0.451 e. The number of hydrogen-bond donors (Lipinski definition) is 1. The number of furan rings is 1. The predicted molar refractivity (Wildman–Crippen MR) is 105 cm³/mol. The zero-order valence-electron chi connectivity index (χ0n) is 14.0. The molecular weight excluding hydrogens is 368 g/mol. The largest absolute Gasteiger partial charge is 0.451 e. The number of aryl methyl sites for hydroxylation is 1. The lowest BCUT2D eigenvalue weighted by atomic mass is 10.2. The van der Waals surface area contributed by atoms with Crippen LogP contribution >= 0.6 is 22.9 Å². The lowest BCUT2D eigenvalue weighted by Gasteiger charge is -2.01. The summed E-state index contributed by atoms with van der Waals surface area (Å²) in [7, 11) is 0. The van der Waals surface area contributed by atoms with E-state index in [0.29, 0.717) is 22.9 Å². The molecule has 1 amide bonds. The monoisotopic (exact) mass is 382 g/mol. The van der Waals surface area contributed by atoms with Gasteiger partial charge in [-0.3, -0.25) is 4.79 Å². The van der Waals surface area contributed by atoms with Crippen LogP contribution in [0.15, 0.2) is 59.0 Å². The van der Waals surface area contributed by atoms with Gasteiger partial charge in [0.15, 0.2) is 5.76 Å². The van der Waals surface area contributed by atoms with Crippen molar-refractivity contribution in [2.24, 2.45) is 0 Å². The van der Waals surface area contributed by atoms with Crippen molar-refractivity contribution in [1.82, 2.24) is 10.3 Å². The molecule has 0 atom stereocenters. The highest BCUT2D eigenvalue weighted by molar-refractivity contribution is 7.15. The predicted octanol–water partition coefficient (Wildman–Crippen LogP) is 5.45. The van der Waals surface area contributed by atoms with Crippen LogP contribution in [0.2, 0.25) is 5.02 Å². The number of thiazole rings is 1. The van der Waals surface area contributed by atoms with Crippen LogP contribution in [0.1, 0.15) is 21.1 Å². The number of benzene rings is 2. The van der Waals surface area contributed by atoms with E-state index in [-0.39, 0.29) is 5.91 Å². The first-order valence-corrected chi connectivity index (χ1v) is 9.29. The average molecular weight is 383 g/mol. The highest BCUT2D eigenvalue weighted by Gasteiger charge is 2.15. The van der Waals surface area contributed by atoms with E-state index in [1.807, 2.05) is 55.5 Å². The van der Waals surface area contributed by atoms with E-state index in [1.54, 1.807) is 6.07 Å². The number of hydrogen-bond acceptors (Lipinski definition) is 4. The maximum atomic E-state index is 12.4. The molecule has 2 aromatic heterocycles. The van der Waals surface area contributed by atoms with Gasteiger partial charge in [-0.05, 0) is 25.1 Å². The fourth-order valence-electron chi connectivity index (χ4n) is 2.68. The summed E-state index contributed by atoms with van der Waals surface area (Å²) in [6.45, 7) is 2.32. The van der Waals surface area contributed by atoms with Gasteiger partial charge in [0, 0.05) is 15.8 Å². The summed E-state index contributed by atoms with van der Waals surface area (Å²) in [5.41, 5.74) is 2.49. The Labute approximate surface area is 159 Å². The second-order valence-electron chi connectivity index (χ2n) is 5.84. The Kier molecular flexibility index (Phi) is 4.49. The van der Waals surface area contributed by atoms with Crippen molar-refractivity contribution >= 4 is 39.8 Å². The standard InChI is InChI=1S/C20H15ClN2O2S/c1-12-18(26-20(23-12)14-7-3-4-8-15(14)21)11-22-19(24)17-10-13-6-2-5-9-16(13)25-17/h2-10H,11H2,1H3,(H,22,24). The number of carbonyl (C=O) groups excluding carboxylic acids is 1. The minimum absolute atomic E-state index is 0.242. The molecule has 0 spiro atoms. The molecule has 4 nitrogen and oxygen atoms in total. The fraction of sp³-hybridized carbons (Fsp3) is 0.100. The SMILES string of the molecule is Cc1nc(-c2ccccc2Cl)sc1CNC(=O)c1cc2ccccc2o1. The molecule has 0 bridgehead atoms. The molecule has 0 aliphatic carbocycles.